The van der Waals surface area contributed by atoms with Crippen molar-refractivity contribution in [1.29, 1.82) is 0 Å². The van der Waals surface area contributed by atoms with Gasteiger partial charge in [0.25, 0.3) is 0 Å². The van der Waals surface area contributed by atoms with E-state index < -0.39 is 11.6 Å². The first kappa shape index (κ1) is 22.6. The summed E-state index contributed by atoms with van der Waals surface area (Å²) in [6.07, 6.45) is 0.478. The zero-order chi connectivity index (χ0) is 18.6. The summed E-state index contributed by atoms with van der Waals surface area (Å²) >= 11 is 0. The Bertz CT molecular complexity index is 665. The molecule has 0 saturated carbocycles. The van der Waals surface area contributed by atoms with Gasteiger partial charge in [-0.05, 0) is 29.5 Å². The van der Waals surface area contributed by atoms with Crippen LogP contribution in [0.25, 0.3) is 0 Å². The third kappa shape index (κ3) is 6.07. The summed E-state index contributed by atoms with van der Waals surface area (Å²) in [6, 6.07) is 2.30. The van der Waals surface area contributed by atoms with Crippen molar-refractivity contribution in [3.8, 4) is 0 Å². The van der Waals surface area contributed by atoms with Crippen LogP contribution in [0.5, 0.6) is 0 Å². The lowest BCUT2D eigenvalue weighted by Crippen LogP contribution is -2.45. The van der Waals surface area contributed by atoms with Crippen molar-refractivity contribution >= 4 is 35.8 Å². The Balaban J connectivity index is 0.00000338. The van der Waals surface area contributed by atoms with E-state index in [9.17, 15) is 13.6 Å². The molecule has 26 heavy (non-hydrogen) atoms. The van der Waals surface area contributed by atoms with Gasteiger partial charge in [-0.25, -0.2) is 13.8 Å². The summed E-state index contributed by atoms with van der Waals surface area (Å²) < 4.78 is 27.4. The number of guanidine groups is 1. The fraction of sp³-hybridized carbons (Fsp3) is 0.556. The number of likely N-dealkylation sites (N-methyl/N-ethyl adjacent to an activating group) is 1. The number of aliphatic imine (C=N–C) groups is 1. The number of hydrogen-bond donors (Lipinski definition) is 1. The second kappa shape index (κ2) is 10.0. The first-order valence-corrected chi connectivity index (χ1v) is 8.48. The minimum absolute atomic E-state index is 0. The van der Waals surface area contributed by atoms with Crippen molar-refractivity contribution in [3.63, 3.8) is 0 Å². The van der Waals surface area contributed by atoms with Gasteiger partial charge in [-0.2, -0.15) is 0 Å². The van der Waals surface area contributed by atoms with E-state index in [0.717, 1.165) is 6.07 Å². The van der Waals surface area contributed by atoms with Crippen LogP contribution >= 0.6 is 24.0 Å². The third-order valence-electron chi connectivity index (χ3n) is 4.08. The van der Waals surface area contributed by atoms with E-state index in [4.69, 9.17) is 0 Å². The van der Waals surface area contributed by atoms with Gasteiger partial charge >= 0.3 is 0 Å². The van der Waals surface area contributed by atoms with E-state index in [0.29, 0.717) is 49.1 Å². The van der Waals surface area contributed by atoms with Crippen molar-refractivity contribution < 1.29 is 13.6 Å². The molecule has 0 saturated heterocycles. The molecule has 1 amide bonds. The fourth-order valence-corrected chi connectivity index (χ4v) is 2.64. The number of amides is 1. The Morgan fingerprint density at radius 2 is 2.04 bits per heavy atom. The molecule has 1 N–H and O–H groups in total. The van der Waals surface area contributed by atoms with Gasteiger partial charge in [0.2, 0.25) is 5.91 Å². The van der Waals surface area contributed by atoms with E-state index in [-0.39, 0.29) is 36.4 Å². The molecule has 1 aliphatic rings. The number of hydrogen-bond acceptors (Lipinski definition) is 2. The lowest BCUT2D eigenvalue weighted by atomic mass is 9.99. The molecule has 1 aromatic carbocycles. The summed E-state index contributed by atoms with van der Waals surface area (Å²) in [5, 5.41) is 3.26. The van der Waals surface area contributed by atoms with Gasteiger partial charge in [0.1, 0.15) is 18.2 Å². The highest BCUT2D eigenvalue weighted by molar-refractivity contribution is 14.0. The highest BCUT2D eigenvalue weighted by Gasteiger charge is 2.23. The zero-order valence-electron chi connectivity index (χ0n) is 15.7. The van der Waals surface area contributed by atoms with Gasteiger partial charge in [-0.1, -0.05) is 13.8 Å². The normalized spacial score (nSPS) is 14.0. The van der Waals surface area contributed by atoms with Crippen LogP contribution < -0.4 is 5.32 Å². The number of halogens is 3. The molecule has 0 bridgehead atoms. The first-order valence-electron chi connectivity index (χ1n) is 8.48. The zero-order valence-corrected chi connectivity index (χ0v) is 18.0. The molecule has 0 atom stereocenters. The fourth-order valence-electron chi connectivity index (χ4n) is 2.64. The Labute approximate surface area is 170 Å². The lowest BCUT2D eigenvalue weighted by molar-refractivity contribution is -0.127. The van der Waals surface area contributed by atoms with Gasteiger partial charge in [0.15, 0.2) is 5.96 Å². The van der Waals surface area contributed by atoms with Crippen LogP contribution in [0.1, 0.15) is 25.0 Å². The maximum Gasteiger partial charge on any atom is 0.243 e. The van der Waals surface area contributed by atoms with Gasteiger partial charge in [0.05, 0.1) is 0 Å². The topological polar surface area (TPSA) is 47.9 Å². The average molecular weight is 480 g/mol. The van der Waals surface area contributed by atoms with Gasteiger partial charge < -0.3 is 15.1 Å². The van der Waals surface area contributed by atoms with Crippen LogP contribution in [0.2, 0.25) is 0 Å². The maximum atomic E-state index is 13.9. The molecule has 0 unspecified atom stereocenters. The van der Waals surface area contributed by atoms with Gasteiger partial charge in [0, 0.05) is 39.8 Å². The standard InChI is InChI=1S/C18H26F2N4O.HI/c1-12(2)9-21-18(22-10-17(25)23(3)4)24-6-5-15-13(11-24)7-14(19)8-16(15)20;/h7-8,12H,5-6,9-11H2,1-4H3,(H,21,22);1H. The van der Waals surface area contributed by atoms with Crippen LogP contribution in [-0.2, 0) is 17.8 Å². The number of fused-ring (bicyclic) bond motifs is 1. The van der Waals surface area contributed by atoms with E-state index >= 15 is 0 Å². The monoisotopic (exact) mass is 480 g/mol. The number of carbonyl (C=O) groups excluding carboxylic acids is 1. The second-order valence-electron chi connectivity index (χ2n) is 6.90. The molecule has 1 heterocycles. The number of benzene rings is 1. The van der Waals surface area contributed by atoms with Crippen LogP contribution in [0, 0.1) is 17.6 Å². The average Bonchev–Trinajstić information content (AvgIpc) is 2.53. The quantitative estimate of drug-likeness (QED) is 0.410. The SMILES string of the molecule is CC(C)CNC(=NCC(=O)N(C)C)N1CCc2c(F)cc(F)cc2C1.I. The number of carbonyl (C=O) groups is 1. The molecule has 0 radical (unpaired) electrons. The molecule has 1 aliphatic heterocycles. The molecule has 146 valence electrons. The Morgan fingerprint density at radius 3 is 2.65 bits per heavy atom. The largest absolute Gasteiger partial charge is 0.356 e. The highest BCUT2D eigenvalue weighted by Crippen LogP contribution is 2.23. The molecular formula is C18H27F2IN4O. The molecule has 0 spiro atoms. The molecule has 5 nitrogen and oxygen atoms in total. The van der Waals surface area contributed by atoms with Crippen LogP contribution in [0.4, 0.5) is 8.78 Å². The Morgan fingerprint density at radius 1 is 1.35 bits per heavy atom. The van der Waals surface area contributed by atoms with Crippen molar-refractivity contribution in [3.05, 3.63) is 34.9 Å². The van der Waals surface area contributed by atoms with Crippen molar-refractivity contribution in [2.24, 2.45) is 10.9 Å². The molecule has 0 aliphatic carbocycles. The molecule has 0 aromatic heterocycles. The second-order valence-corrected chi connectivity index (χ2v) is 6.90. The first-order chi connectivity index (χ1) is 11.8. The summed E-state index contributed by atoms with van der Waals surface area (Å²) in [5.41, 5.74) is 1.19. The van der Waals surface area contributed by atoms with E-state index in [2.05, 4.69) is 24.2 Å². The predicted octanol–water partition coefficient (Wildman–Crippen LogP) is 2.63. The molecular weight excluding hydrogens is 453 g/mol. The number of nitrogens with zero attached hydrogens (tertiary/aromatic N) is 3. The van der Waals surface area contributed by atoms with E-state index in [1.165, 1.54) is 11.0 Å². The number of nitrogens with one attached hydrogen (secondary N) is 1. The summed E-state index contributed by atoms with van der Waals surface area (Å²) in [6.45, 7) is 5.82. The summed E-state index contributed by atoms with van der Waals surface area (Å²) in [5.74, 6) is -0.167. The predicted molar refractivity (Wildman–Crippen MR) is 110 cm³/mol. The Kier molecular flexibility index (Phi) is 8.72. The third-order valence-corrected chi connectivity index (χ3v) is 4.08. The summed E-state index contributed by atoms with van der Waals surface area (Å²) in [4.78, 5) is 19.7. The molecule has 0 fully saturated rings. The molecule has 1 aromatic rings. The highest BCUT2D eigenvalue weighted by atomic mass is 127. The van der Waals surface area contributed by atoms with Gasteiger partial charge in [-0.3, -0.25) is 4.79 Å². The minimum Gasteiger partial charge on any atom is -0.356 e. The lowest BCUT2D eigenvalue weighted by Gasteiger charge is -2.32. The van der Waals surface area contributed by atoms with E-state index in [1.54, 1.807) is 14.1 Å². The molecule has 8 heteroatoms. The summed E-state index contributed by atoms with van der Waals surface area (Å²) in [7, 11) is 3.36. The number of rotatable bonds is 4. The molecule has 2 rings (SSSR count). The Hall–Kier alpha value is -1.45. The van der Waals surface area contributed by atoms with Gasteiger partial charge in [-0.15, -0.1) is 24.0 Å². The van der Waals surface area contributed by atoms with Crippen LogP contribution in [0.15, 0.2) is 17.1 Å². The van der Waals surface area contributed by atoms with Crippen LogP contribution in [0.3, 0.4) is 0 Å². The van der Waals surface area contributed by atoms with E-state index in [1.807, 2.05) is 4.90 Å². The van der Waals surface area contributed by atoms with Crippen LogP contribution in [-0.4, -0.2) is 55.4 Å². The minimum atomic E-state index is -0.575. The van der Waals surface area contributed by atoms with Crippen molar-refractivity contribution in [1.82, 2.24) is 15.1 Å². The van der Waals surface area contributed by atoms with Crippen molar-refractivity contribution in [2.75, 3.05) is 33.7 Å². The maximum absolute atomic E-state index is 13.9. The van der Waals surface area contributed by atoms with Crippen molar-refractivity contribution in [2.45, 2.75) is 26.8 Å². The smallest absolute Gasteiger partial charge is 0.243 e.